The molecule has 0 spiro atoms. The molecule has 2 aliphatic heterocycles. The number of anilines is 1. The molecular formula is C21H32N4O3S. The second-order valence-electron chi connectivity index (χ2n) is 8.85. The van der Waals surface area contributed by atoms with Gasteiger partial charge in [-0.1, -0.05) is 13.0 Å². The molecule has 3 aliphatic rings. The second-order valence-corrected chi connectivity index (χ2v) is 10.9. The molecule has 0 radical (unpaired) electrons. The van der Waals surface area contributed by atoms with E-state index in [1.807, 2.05) is 25.1 Å². The Hall–Kier alpha value is -1.67. The molecule has 1 aliphatic carbocycles. The molecule has 1 saturated carbocycles. The van der Waals surface area contributed by atoms with Crippen molar-refractivity contribution in [1.29, 1.82) is 0 Å². The number of amides is 1. The average Bonchev–Trinajstić information content (AvgIpc) is 3.50. The first-order valence-electron chi connectivity index (χ1n) is 10.9. The third kappa shape index (κ3) is 4.28. The minimum Gasteiger partial charge on any atom is -0.355 e. The van der Waals surface area contributed by atoms with Gasteiger partial charge in [0.15, 0.2) is 0 Å². The molecule has 0 bridgehead atoms. The van der Waals surface area contributed by atoms with Crippen molar-refractivity contribution in [2.75, 3.05) is 43.4 Å². The lowest BCUT2D eigenvalue weighted by molar-refractivity contribution is -0.132. The predicted octanol–water partition coefficient (Wildman–Crippen LogP) is 1.87. The van der Waals surface area contributed by atoms with Gasteiger partial charge in [0, 0.05) is 44.8 Å². The predicted molar refractivity (Wildman–Crippen MR) is 113 cm³/mol. The van der Waals surface area contributed by atoms with Gasteiger partial charge in [-0.2, -0.15) is 0 Å². The Bertz CT molecular complexity index is 828. The Kier molecular flexibility index (Phi) is 5.84. The van der Waals surface area contributed by atoms with Gasteiger partial charge in [-0.3, -0.25) is 4.79 Å². The lowest BCUT2D eigenvalue weighted by Gasteiger charge is -2.32. The van der Waals surface area contributed by atoms with Gasteiger partial charge < -0.3 is 10.2 Å². The van der Waals surface area contributed by atoms with Crippen LogP contribution in [-0.2, 0) is 14.8 Å². The number of nitrogens with one attached hydrogen (secondary N) is 1. The van der Waals surface area contributed by atoms with Crippen LogP contribution in [0.1, 0.15) is 39.0 Å². The van der Waals surface area contributed by atoms with E-state index in [4.69, 9.17) is 0 Å². The zero-order valence-corrected chi connectivity index (χ0v) is 18.0. The highest BCUT2D eigenvalue weighted by Gasteiger charge is 2.54. The second kappa shape index (κ2) is 8.22. The van der Waals surface area contributed by atoms with Crippen molar-refractivity contribution < 1.29 is 13.2 Å². The molecule has 160 valence electrons. The Balaban J connectivity index is 1.60. The molecule has 3 fully saturated rings. The number of hydrogen-bond donors (Lipinski definition) is 1. The first-order chi connectivity index (χ1) is 13.9. The van der Waals surface area contributed by atoms with E-state index in [2.05, 4.69) is 15.2 Å². The topological polar surface area (TPSA) is 82.6 Å². The minimum atomic E-state index is -3.28. The fraction of sp³-hybridized carbons (Fsp3) is 0.714. The van der Waals surface area contributed by atoms with Crippen LogP contribution < -0.4 is 10.2 Å². The Morgan fingerprint density at radius 3 is 2.83 bits per heavy atom. The molecule has 0 aromatic carbocycles. The summed E-state index contributed by atoms with van der Waals surface area (Å²) in [5.41, 5.74) is -0.553. The number of aromatic nitrogens is 1. The smallest absolute Gasteiger partial charge is 0.228 e. The minimum absolute atomic E-state index is 0.0298. The van der Waals surface area contributed by atoms with Gasteiger partial charge in [-0.25, -0.2) is 17.7 Å². The normalized spacial score (nSPS) is 28.0. The van der Waals surface area contributed by atoms with Crippen LogP contribution in [-0.4, -0.2) is 62.1 Å². The van der Waals surface area contributed by atoms with Crippen LogP contribution in [0.4, 0.5) is 5.82 Å². The molecule has 0 unspecified atom stereocenters. The number of sulfonamides is 1. The summed E-state index contributed by atoms with van der Waals surface area (Å²) >= 11 is 0. The maximum atomic E-state index is 13.4. The summed E-state index contributed by atoms with van der Waals surface area (Å²) in [6.45, 7) is 4.83. The van der Waals surface area contributed by atoms with Crippen molar-refractivity contribution in [3.63, 3.8) is 0 Å². The van der Waals surface area contributed by atoms with Crippen LogP contribution in [0.3, 0.4) is 0 Å². The van der Waals surface area contributed by atoms with E-state index in [1.165, 1.54) is 12.8 Å². The van der Waals surface area contributed by atoms with Gasteiger partial charge in [0.05, 0.1) is 11.2 Å². The number of pyridine rings is 1. The first-order valence-corrected chi connectivity index (χ1v) is 12.5. The van der Waals surface area contributed by atoms with Crippen molar-refractivity contribution in [2.45, 2.75) is 39.0 Å². The maximum absolute atomic E-state index is 13.4. The van der Waals surface area contributed by atoms with Crippen LogP contribution in [0.25, 0.3) is 0 Å². The number of fused-ring (bicyclic) bond motifs is 1. The number of hydrogen-bond acceptors (Lipinski definition) is 5. The van der Waals surface area contributed by atoms with Crippen LogP contribution >= 0.6 is 0 Å². The summed E-state index contributed by atoms with van der Waals surface area (Å²) in [5, 5.41) is 3.20. The fourth-order valence-corrected chi connectivity index (χ4v) is 6.45. The molecule has 1 N–H and O–H groups in total. The summed E-state index contributed by atoms with van der Waals surface area (Å²) in [6, 6.07) is 5.80. The summed E-state index contributed by atoms with van der Waals surface area (Å²) in [5.74, 6) is 1.72. The van der Waals surface area contributed by atoms with Crippen LogP contribution in [0.5, 0.6) is 0 Å². The molecular weight excluding hydrogens is 388 g/mol. The number of carbonyl (C=O) groups is 1. The van der Waals surface area contributed by atoms with Gasteiger partial charge >= 0.3 is 0 Å². The van der Waals surface area contributed by atoms with E-state index < -0.39 is 15.4 Å². The van der Waals surface area contributed by atoms with Crippen molar-refractivity contribution in [1.82, 2.24) is 14.6 Å². The Labute approximate surface area is 173 Å². The molecule has 3 heterocycles. The third-order valence-corrected chi connectivity index (χ3v) is 8.72. The third-order valence-electron chi connectivity index (χ3n) is 6.68. The Morgan fingerprint density at radius 2 is 2.14 bits per heavy atom. The van der Waals surface area contributed by atoms with E-state index in [-0.39, 0.29) is 17.6 Å². The van der Waals surface area contributed by atoms with Gasteiger partial charge in [0.2, 0.25) is 15.9 Å². The summed E-state index contributed by atoms with van der Waals surface area (Å²) in [4.78, 5) is 20.1. The largest absolute Gasteiger partial charge is 0.355 e. The van der Waals surface area contributed by atoms with E-state index in [9.17, 15) is 13.2 Å². The Morgan fingerprint density at radius 1 is 1.31 bits per heavy atom. The van der Waals surface area contributed by atoms with Crippen molar-refractivity contribution >= 4 is 21.7 Å². The van der Waals surface area contributed by atoms with E-state index >= 15 is 0 Å². The lowest BCUT2D eigenvalue weighted by Crippen LogP contribution is -2.48. The highest BCUT2D eigenvalue weighted by Crippen LogP contribution is 2.44. The van der Waals surface area contributed by atoms with E-state index in [0.717, 1.165) is 18.8 Å². The summed E-state index contributed by atoms with van der Waals surface area (Å²) in [6.07, 6.45) is 6.19. The molecule has 29 heavy (non-hydrogen) atoms. The molecule has 1 aromatic heterocycles. The average molecular weight is 421 g/mol. The van der Waals surface area contributed by atoms with E-state index in [0.29, 0.717) is 44.9 Å². The van der Waals surface area contributed by atoms with Crippen LogP contribution in [0, 0.1) is 17.3 Å². The molecule has 4 rings (SSSR count). The SMILES string of the molecule is CCCS(=O)(=O)N1CCC[C@@]2(C(=O)NCC3CC3)CN(c3ccccn3)C[C@H]2C1. The summed E-state index contributed by atoms with van der Waals surface area (Å²) in [7, 11) is -3.28. The van der Waals surface area contributed by atoms with Gasteiger partial charge in [0.25, 0.3) is 0 Å². The van der Waals surface area contributed by atoms with Crippen LogP contribution in [0.2, 0.25) is 0 Å². The number of rotatable bonds is 7. The lowest BCUT2D eigenvalue weighted by atomic mass is 9.74. The fourth-order valence-electron chi connectivity index (χ4n) is 4.86. The number of carbonyl (C=O) groups excluding carboxylic acids is 1. The van der Waals surface area contributed by atoms with Crippen LogP contribution in [0.15, 0.2) is 24.4 Å². The molecule has 7 nitrogen and oxygen atoms in total. The summed E-state index contributed by atoms with van der Waals surface area (Å²) < 4.78 is 27.2. The molecule has 8 heteroatoms. The zero-order valence-electron chi connectivity index (χ0n) is 17.2. The maximum Gasteiger partial charge on any atom is 0.228 e. The van der Waals surface area contributed by atoms with Gasteiger partial charge in [0.1, 0.15) is 5.82 Å². The molecule has 1 amide bonds. The molecule has 2 saturated heterocycles. The van der Waals surface area contributed by atoms with Crippen molar-refractivity contribution in [3.8, 4) is 0 Å². The zero-order chi connectivity index (χ0) is 20.5. The highest BCUT2D eigenvalue weighted by atomic mass is 32.2. The quantitative estimate of drug-likeness (QED) is 0.728. The van der Waals surface area contributed by atoms with E-state index in [1.54, 1.807) is 10.5 Å². The number of nitrogens with zero attached hydrogens (tertiary/aromatic N) is 3. The van der Waals surface area contributed by atoms with Gasteiger partial charge in [-0.15, -0.1) is 0 Å². The van der Waals surface area contributed by atoms with Crippen molar-refractivity contribution in [3.05, 3.63) is 24.4 Å². The highest BCUT2D eigenvalue weighted by molar-refractivity contribution is 7.89. The standard InChI is InChI=1S/C21H32N4O3S/c1-2-12-29(27,28)25-11-5-9-21(20(26)23-13-17-7-8-17)16-24(14-18(21)15-25)19-6-3-4-10-22-19/h3-4,6,10,17-18H,2,5,7-9,11-16H2,1H3,(H,23,26)/t18-,21+/m0/s1. The molecule has 2 atom stereocenters. The van der Waals surface area contributed by atoms with Crippen molar-refractivity contribution in [2.24, 2.45) is 17.3 Å². The van der Waals surface area contributed by atoms with Gasteiger partial charge in [-0.05, 0) is 50.2 Å². The first kappa shape index (κ1) is 20.6. The molecule has 1 aromatic rings. The monoisotopic (exact) mass is 420 g/mol.